The average Bonchev–Trinajstić information content (AvgIpc) is 3.33. The lowest BCUT2D eigenvalue weighted by Gasteiger charge is -2.30. The Labute approximate surface area is 159 Å². The Bertz CT molecular complexity index is 973. The number of carbonyl (C=O) groups excluding carboxylic acids is 1. The van der Waals surface area contributed by atoms with Gasteiger partial charge in [-0.3, -0.25) is 9.32 Å². The maximum atomic E-state index is 12.6. The maximum absolute atomic E-state index is 12.6. The number of morpholine rings is 1. The van der Waals surface area contributed by atoms with Gasteiger partial charge in [-0.05, 0) is 23.6 Å². The van der Waals surface area contributed by atoms with Crippen molar-refractivity contribution in [3.63, 3.8) is 0 Å². The smallest absolute Gasteiger partial charge is 0.378 e. The van der Waals surface area contributed by atoms with Crippen LogP contribution < -0.4 is 16.0 Å². The summed E-state index contributed by atoms with van der Waals surface area (Å²) in [6, 6.07) is 11.3. The van der Waals surface area contributed by atoms with Gasteiger partial charge >= 0.3 is 5.76 Å². The molecule has 0 saturated carbocycles. The number of nitrogens with zero attached hydrogens (tertiary/aromatic N) is 3. The van der Waals surface area contributed by atoms with E-state index in [1.165, 1.54) is 15.9 Å². The number of benzene rings is 1. The largest absolute Gasteiger partial charge is 0.442 e. The van der Waals surface area contributed by atoms with Crippen molar-refractivity contribution in [3.05, 3.63) is 52.3 Å². The van der Waals surface area contributed by atoms with Crippen LogP contribution >= 0.6 is 11.3 Å². The number of amides is 1. The van der Waals surface area contributed by atoms with Crippen molar-refractivity contribution in [2.75, 3.05) is 36.5 Å². The van der Waals surface area contributed by atoms with E-state index in [9.17, 15) is 9.59 Å². The first-order valence-corrected chi connectivity index (χ1v) is 9.42. The zero-order valence-corrected chi connectivity index (χ0v) is 15.3. The summed E-state index contributed by atoms with van der Waals surface area (Å²) in [5, 5.41) is 8.56. The minimum absolute atomic E-state index is 0.174. The lowest BCUT2D eigenvalue weighted by Crippen LogP contribution is -2.37. The summed E-state index contributed by atoms with van der Waals surface area (Å²) in [7, 11) is 0. The quantitative estimate of drug-likeness (QED) is 0.722. The zero-order valence-electron chi connectivity index (χ0n) is 14.5. The molecule has 0 unspecified atom stereocenters. The standard InChI is InChI=1S/C18H18N4O4S/c23-16(12-22-17(20-26-18(22)24)15-6-3-11-27-15)19-13-4-1-2-5-14(13)21-7-9-25-10-8-21/h1-6,11H,7-10,12H2,(H,19,23). The number of hydrogen-bond donors (Lipinski definition) is 1. The highest BCUT2D eigenvalue weighted by atomic mass is 32.1. The van der Waals surface area contributed by atoms with E-state index >= 15 is 0 Å². The molecule has 1 N–H and O–H groups in total. The number of para-hydroxylation sites is 2. The number of anilines is 2. The fourth-order valence-corrected chi connectivity index (χ4v) is 3.70. The summed E-state index contributed by atoms with van der Waals surface area (Å²) in [6.45, 7) is 2.67. The van der Waals surface area contributed by atoms with Gasteiger partial charge in [0.1, 0.15) is 6.54 Å². The normalized spacial score (nSPS) is 14.3. The monoisotopic (exact) mass is 386 g/mol. The summed E-state index contributed by atoms with van der Waals surface area (Å²) in [4.78, 5) is 27.5. The average molecular weight is 386 g/mol. The topological polar surface area (TPSA) is 89.6 Å². The van der Waals surface area contributed by atoms with E-state index in [1.807, 2.05) is 41.8 Å². The first kappa shape index (κ1) is 17.5. The summed E-state index contributed by atoms with van der Waals surface area (Å²) in [6.07, 6.45) is 0. The number of hydrogen-bond acceptors (Lipinski definition) is 7. The van der Waals surface area contributed by atoms with E-state index < -0.39 is 5.76 Å². The van der Waals surface area contributed by atoms with Crippen LogP contribution in [0.3, 0.4) is 0 Å². The molecule has 9 heteroatoms. The molecule has 140 valence electrons. The van der Waals surface area contributed by atoms with Gasteiger partial charge in [0.25, 0.3) is 0 Å². The minimum atomic E-state index is -0.657. The van der Waals surface area contributed by atoms with Crippen molar-refractivity contribution in [1.29, 1.82) is 0 Å². The van der Waals surface area contributed by atoms with Gasteiger partial charge in [0.15, 0.2) is 5.82 Å². The van der Waals surface area contributed by atoms with E-state index in [-0.39, 0.29) is 12.5 Å². The summed E-state index contributed by atoms with van der Waals surface area (Å²) in [5.41, 5.74) is 1.64. The summed E-state index contributed by atoms with van der Waals surface area (Å²) < 4.78 is 11.4. The molecular formula is C18H18N4O4S. The third-order valence-corrected chi connectivity index (χ3v) is 5.13. The Hall–Kier alpha value is -2.91. The molecule has 8 nitrogen and oxygen atoms in total. The van der Waals surface area contributed by atoms with Gasteiger partial charge in [-0.2, -0.15) is 0 Å². The van der Waals surface area contributed by atoms with Gasteiger partial charge in [-0.15, -0.1) is 11.3 Å². The molecule has 3 heterocycles. The van der Waals surface area contributed by atoms with E-state index in [0.717, 1.165) is 23.7 Å². The van der Waals surface area contributed by atoms with Crippen molar-refractivity contribution in [2.24, 2.45) is 0 Å². The Morgan fingerprint density at radius 3 is 2.78 bits per heavy atom. The first-order valence-electron chi connectivity index (χ1n) is 8.54. The summed E-state index contributed by atoms with van der Waals surface area (Å²) in [5.74, 6) is -0.625. The van der Waals surface area contributed by atoms with Crippen LogP contribution in [0.2, 0.25) is 0 Å². The second-order valence-electron chi connectivity index (χ2n) is 6.00. The number of thiophene rings is 1. The second kappa shape index (κ2) is 7.77. The van der Waals surface area contributed by atoms with Crippen LogP contribution in [0.1, 0.15) is 0 Å². The van der Waals surface area contributed by atoms with E-state index in [2.05, 4.69) is 15.4 Å². The predicted molar refractivity (Wildman–Crippen MR) is 102 cm³/mol. The van der Waals surface area contributed by atoms with Crippen LogP contribution in [0.5, 0.6) is 0 Å². The van der Waals surface area contributed by atoms with Gasteiger partial charge in [0, 0.05) is 13.1 Å². The Kier molecular flexibility index (Phi) is 5.03. The van der Waals surface area contributed by atoms with Crippen LogP contribution in [-0.4, -0.2) is 41.9 Å². The third kappa shape index (κ3) is 3.79. The Balaban J connectivity index is 1.53. The molecule has 1 aromatic carbocycles. The van der Waals surface area contributed by atoms with Crippen molar-refractivity contribution in [1.82, 2.24) is 9.72 Å². The molecule has 0 aliphatic carbocycles. The molecular weight excluding hydrogens is 368 g/mol. The number of nitrogens with one attached hydrogen (secondary N) is 1. The second-order valence-corrected chi connectivity index (χ2v) is 6.95. The van der Waals surface area contributed by atoms with Crippen molar-refractivity contribution < 1.29 is 14.1 Å². The van der Waals surface area contributed by atoms with Crippen LogP contribution in [0.15, 0.2) is 51.1 Å². The number of aromatic nitrogens is 2. The van der Waals surface area contributed by atoms with Crippen molar-refractivity contribution in [3.8, 4) is 10.7 Å². The number of rotatable bonds is 5. The molecule has 2 aromatic heterocycles. The van der Waals surface area contributed by atoms with E-state index in [0.29, 0.717) is 24.7 Å². The van der Waals surface area contributed by atoms with Gasteiger partial charge in [0.05, 0.1) is 29.5 Å². The fourth-order valence-electron chi connectivity index (χ4n) is 2.98. The molecule has 0 spiro atoms. The zero-order chi connectivity index (χ0) is 18.6. The van der Waals surface area contributed by atoms with Gasteiger partial charge in [-0.1, -0.05) is 23.4 Å². The molecule has 1 amide bonds. The molecule has 27 heavy (non-hydrogen) atoms. The van der Waals surface area contributed by atoms with Crippen molar-refractivity contribution in [2.45, 2.75) is 6.54 Å². The Morgan fingerprint density at radius 1 is 1.19 bits per heavy atom. The lowest BCUT2D eigenvalue weighted by atomic mass is 10.2. The summed E-state index contributed by atoms with van der Waals surface area (Å²) >= 11 is 1.42. The molecule has 0 atom stereocenters. The first-order chi connectivity index (χ1) is 13.2. The van der Waals surface area contributed by atoms with E-state index in [4.69, 9.17) is 9.26 Å². The predicted octanol–water partition coefficient (Wildman–Crippen LogP) is 2.04. The van der Waals surface area contributed by atoms with Crippen LogP contribution in [-0.2, 0) is 16.1 Å². The van der Waals surface area contributed by atoms with Gasteiger partial charge < -0.3 is 15.0 Å². The molecule has 1 fully saturated rings. The SMILES string of the molecule is O=C(Cn1c(-c2cccs2)noc1=O)Nc1ccccc1N1CCOCC1. The van der Waals surface area contributed by atoms with Crippen LogP contribution in [0.4, 0.5) is 11.4 Å². The lowest BCUT2D eigenvalue weighted by molar-refractivity contribution is -0.116. The van der Waals surface area contributed by atoms with Crippen molar-refractivity contribution >= 4 is 28.6 Å². The molecule has 1 aliphatic heterocycles. The van der Waals surface area contributed by atoms with Gasteiger partial charge in [0.2, 0.25) is 5.91 Å². The molecule has 1 saturated heterocycles. The van der Waals surface area contributed by atoms with Gasteiger partial charge in [-0.25, -0.2) is 9.36 Å². The molecule has 1 aliphatic rings. The minimum Gasteiger partial charge on any atom is -0.378 e. The maximum Gasteiger partial charge on any atom is 0.442 e. The molecule has 0 radical (unpaired) electrons. The van der Waals surface area contributed by atoms with Crippen LogP contribution in [0.25, 0.3) is 10.7 Å². The molecule has 3 aromatic rings. The highest BCUT2D eigenvalue weighted by molar-refractivity contribution is 7.13. The van der Waals surface area contributed by atoms with Crippen LogP contribution in [0, 0.1) is 0 Å². The fraction of sp³-hybridized carbons (Fsp3) is 0.278. The molecule has 4 rings (SSSR count). The molecule has 0 bridgehead atoms. The highest BCUT2D eigenvalue weighted by Gasteiger charge is 2.19. The number of carbonyl (C=O) groups is 1. The Morgan fingerprint density at radius 2 is 2.00 bits per heavy atom. The highest BCUT2D eigenvalue weighted by Crippen LogP contribution is 2.26. The van der Waals surface area contributed by atoms with E-state index in [1.54, 1.807) is 0 Å². The third-order valence-electron chi connectivity index (χ3n) is 4.26. The number of ether oxygens (including phenoxy) is 1.